The van der Waals surface area contributed by atoms with Gasteiger partial charge in [0.2, 0.25) is 0 Å². The van der Waals surface area contributed by atoms with Crippen molar-refractivity contribution in [1.82, 2.24) is 0 Å². The number of anilines is 6. The molecule has 2 aliphatic rings. The molecule has 242 valence electrons. The van der Waals surface area contributed by atoms with Crippen LogP contribution < -0.4 is 19.3 Å². The molecule has 0 spiro atoms. The lowest BCUT2D eigenvalue weighted by atomic mass is 9.87. The Morgan fingerprint density at radius 3 is 1.08 bits per heavy atom. The predicted molar refractivity (Wildman–Crippen MR) is 196 cm³/mol. The molecule has 7 aromatic rings. The number of fused-ring (bicyclic) bond motifs is 4. The zero-order valence-electron chi connectivity index (χ0n) is 27.1. The number of para-hydroxylation sites is 8. The molecule has 0 aromatic heterocycles. The van der Waals surface area contributed by atoms with Crippen molar-refractivity contribution in [2.45, 2.75) is 13.3 Å². The fourth-order valence-electron chi connectivity index (χ4n) is 7.23. The molecule has 0 unspecified atom stereocenters. The summed E-state index contributed by atoms with van der Waals surface area (Å²) in [7, 11) is 0. The van der Waals surface area contributed by atoms with Gasteiger partial charge in [-0.15, -0.1) is 0 Å². The summed E-state index contributed by atoms with van der Waals surface area (Å²) in [6, 6.07) is 47.0. The average Bonchev–Trinajstić information content (AvgIpc) is 3.16. The first-order valence-corrected chi connectivity index (χ1v) is 16.6. The van der Waals surface area contributed by atoms with E-state index in [0.717, 1.165) is 39.7 Å². The van der Waals surface area contributed by atoms with E-state index < -0.39 is 0 Å². The third kappa shape index (κ3) is 4.64. The Labute approximate surface area is 289 Å². The molecule has 2 heterocycles. The number of benzene rings is 7. The van der Waals surface area contributed by atoms with Crippen LogP contribution in [0.4, 0.5) is 42.9 Å². The number of halogens is 2. The van der Waals surface area contributed by atoms with Crippen molar-refractivity contribution in [3.05, 3.63) is 169 Å². The van der Waals surface area contributed by atoms with Gasteiger partial charge in [-0.05, 0) is 73.2 Å². The van der Waals surface area contributed by atoms with E-state index in [0.29, 0.717) is 51.7 Å². The van der Waals surface area contributed by atoms with Crippen molar-refractivity contribution in [2.75, 3.05) is 9.80 Å². The van der Waals surface area contributed by atoms with Crippen LogP contribution in [0.3, 0.4) is 0 Å². The molecule has 0 atom stereocenters. The van der Waals surface area contributed by atoms with Crippen LogP contribution in [-0.2, 0) is 6.42 Å². The van der Waals surface area contributed by atoms with Crippen LogP contribution in [0.25, 0.3) is 22.3 Å². The third-order valence-corrected chi connectivity index (χ3v) is 9.36. The number of hydrogen-bond acceptors (Lipinski definition) is 4. The van der Waals surface area contributed by atoms with Gasteiger partial charge < -0.3 is 19.3 Å². The normalized spacial score (nSPS) is 12.6. The molecular formula is C44H30F2N2O2. The quantitative estimate of drug-likeness (QED) is 0.184. The van der Waals surface area contributed by atoms with E-state index in [1.54, 1.807) is 24.3 Å². The number of hydrogen-bond donors (Lipinski definition) is 0. The monoisotopic (exact) mass is 656 g/mol. The minimum absolute atomic E-state index is 0.375. The summed E-state index contributed by atoms with van der Waals surface area (Å²) in [5.41, 5.74) is 7.76. The van der Waals surface area contributed by atoms with Gasteiger partial charge in [0.05, 0.1) is 34.1 Å². The van der Waals surface area contributed by atoms with Crippen molar-refractivity contribution in [1.29, 1.82) is 0 Å². The maximum Gasteiger partial charge on any atom is 0.151 e. The van der Waals surface area contributed by atoms with Crippen molar-refractivity contribution in [3.8, 4) is 45.3 Å². The summed E-state index contributed by atoms with van der Waals surface area (Å²) in [4.78, 5) is 4.34. The highest BCUT2D eigenvalue weighted by molar-refractivity contribution is 6.04. The predicted octanol–water partition coefficient (Wildman–Crippen LogP) is 13.0. The summed E-state index contributed by atoms with van der Waals surface area (Å²) in [5, 5.41) is 0. The molecule has 0 aliphatic carbocycles. The fourth-order valence-corrected chi connectivity index (χ4v) is 7.23. The molecule has 0 N–H and O–H groups in total. The molecule has 0 saturated heterocycles. The maximum atomic E-state index is 16.2. The lowest BCUT2D eigenvalue weighted by Crippen LogP contribution is -2.22. The van der Waals surface area contributed by atoms with Crippen molar-refractivity contribution >= 4 is 34.1 Å². The molecule has 0 saturated carbocycles. The molecule has 6 heteroatoms. The zero-order valence-corrected chi connectivity index (χ0v) is 27.1. The zero-order chi connectivity index (χ0) is 33.8. The minimum atomic E-state index is -0.375. The van der Waals surface area contributed by atoms with Gasteiger partial charge in [-0.25, -0.2) is 8.78 Å². The van der Waals surface area contributed by atoms with E-state index in [1.165, 1.54) is 12.1 Å². The van der Waals surface area contributed by atoms with E-state index in [-0.39, 0.29) is 11.6 Å². The summed E-state index contributed by atoms with van der Waals surface area (Å²) >= 11 is 0. The Kier molecular flexibility index (Phi) is 7.09. The van der Waals surface area contributed by atoms with Crippen LogP contribution in [0, 0.1) is 11.6 Å². The van der Waals surface area contributed by atoms with Crippen LogP contribution in [0.2, 0.25) is 0 Å². The van der Waals surface area contributed by atoms with Gasteiger partial charge in [0.25, 0.3) is 0 Å². The molecule has 0 amide bonds. The van der Waals surface area contributed by atoms with Crippen molar-refractivity contribution < 1.29 is 18.3 Å². The molecule has 4 nitrogen and oxygen atoms in total. The first-order chi connectivity index (χ1) is 24.6. The van der Waals surface area contributed by atoms with Crippen LogP contribution >= 0.6 is 0 Å². The smallest absolute Gasteiger partial charge is 0.151 e. The molecule has 7 aromatic carbocycles. The maximum absolute atomic E-state index is 16.2. The highest BCUT2D eigenvalue weighted by Crippen LogP contribution is 2.59. The Balaban J connectivity index is 1.48. The minimum Gasteiger partial charge on any atom is -0.453 e. The standard InChI is InChI=1S/C44H30F2N2O2/c1-2-28-43(47-35-19-7-11-23-39(35)49-40-24-12-8-20-36(40)47)31(29-15-3-5-17-33(29)45)27-32(30-16-4-6-18-34(30)46)44(28)48-37-21-9-13-25-41(37)50-42-26-14-10-22-38(42)48/h3-27H,2H2,1H3. The second-order valence-electron chi connectivity index (χ2n) is 12.2. The van der Waals surface area contributed by atoms with E-state index in [9.17, 15) is 0 Å². The highest BCUT2D eigenvalue weighted by Gasteiger charge is 2.36. The van der Waals surface area contributed by atoms with E-state index in [4.69, 9.17) is 9.47 Å². The van der Waals surface area contributed by atoms with Gasteiger partial charge in [0.15, 0.2) is 23.0 Å². The SMILES string of the molecule is CCc1c(N2c3ccccc3Oc3ccccc32)c(-c2ccccc2F)cc(-c2ccccc2F)c1N1c2ccccc2Oc2ccccc21. The summed E-state index contributed by atoms with van der Waals surface area (Å²) in [5.74, 6) is 1.95. The van der Waals surface area contributed by atoms with Crippen molar-refractivity contribution in [3.63, 3.8) is 0 Å². The molecular weight excluding hydrogens is 626 g/mol. The molecule has 0 fully saturated rings. The first kappa shape index (κ1) is 29.7. The van der Waals surface area contributed by atoms with Crippen LogP contribution in [0.1, 0.15) is 12.5 Å². The number of rotatable bonds is 5. The Morgan fingerprint density at radius 2 is 0.740 bits per heavy atom. The third-order valence-electron chi connectivity index (χ3n) is 9.36. The second-order valence-corrected chi connectivity index (χ2v) is 12.2. The molecule has 9 rings (SSSR count). The topological polar surface area (TPSA) is 24.9 Å². The molecule has 0 bridgehead atoms. The van der Waals surface area contributed by atoms with Crippen molar-refractivity contribution in [2.24, 2.45) is 0 Å². The Morgan fingerprint density at radius 1 is 0.420 bits per heavy atom. The molecule has 2 aliphatic heterocycles. The van der Waals surface area contributed by atoms with Crippen LogP contribution in [-0.4, -0.2) is 0 Å². The van der Waals surface area contributed by atoms with Gasteiger partial charge >= 0.3 is 0 Å². The first-order valence-electron chi connectivity index (χ1n) is 16.6. The summed E-state index contributed by atoms with van der Waals surface area (Å²) in [6.07, 6.45) is 0.526. The molecule has 50 heavy (non-hydrogen) atoms. The van der Waals surface area contributed by atoms with E-state index in [2.05, 4.69) is 16.7 Å². The number of nitrogens with zero attached hydrogens (tertiary/aromatic N) is 2. The van der Waals surface area contributed by atoms with Gasteiger partial charge in [0.1, 0.15) is 11.6 Å². The Bertz CT molecular complexity index is 2190. The van der Waals surface area contributed by atoms with E-state index in [1.807, 2.05) is 115 Å². The number of ether oxygens (including phenoxy) is 2. The summed E-state index contributed by atoms with van der Waals surface area (Å²) < 4.78 is 45.2. The van der Waals surface area contributed by atoms with Gasteiger partial charge in [-0.2, -0.15) is 0 Å². The largest absolute Gasteiger partial charge is 0.453 e. The van der Waals surface area contributed by atoms with Gasteiger partial charge in [-0.3, -0.25) is 0 Å². The lowest BCUT2D eigenvalue weighted by molar-refractivity contribution is 0.477. The molecule has 0 radical (unpaired) electrons. The summed E-state index contributed by atoms with van der Waals surface area (Å²) in [6.45, 7) is 2.09. The van der Waals surface area contributed by atoms with Crippen LogP contribution in [0.5, 0.6) is 23.0 Å². The van der Waals surface area contributed by atoms with Gasteiger partial charge in [-0.1, -0.05) is 91.9 Å². The van der Waals surface area contributed by atoms with Gasteiger partial charge in [0, 0.05) is 27.8 Å². The van der Waals surface area contributed by atoms with E-state index >= 15 is 8.78 Å². The highest BCUT2D eigenvalue weighted by atomic mass is 19.1. The Hall–Kier alpha value is -6.40. The average molecular weight is 657 g/mol. The fraction of sp³-hybridized carbons (Fsp3) is 0.0455. The van der Waals surface area contributed by atoms with Crippen LogP contribution in [0.15, 0.2) is 152 Å². The lowest BCUT2D eigenvalue weighted by Gasteiger charge is -2.40. The second kappa shape index (κ2) is 11.9.